The Balaban J connectivity index is 1.17. The maximum atomic E-state index is 13.8. The molecule has 29 heavy (non-hydrogen) atoms. The van der Waals surface area contributed by atoms with Crippen molar-refractivity contribution in [3.63, 3.8) is 0 Å². The van der Waals surface area contributed by atoms with Crippen molar-refractivity contribution in [2.24, 2.45) is 0 Å². The van der Waals surface area contributed by atoms with Crippen molar-refractivity contribution in [1.82, 2.24) is 9.80 Å². The maximum Gasteiger partial charge on any atom is 0.232 e. The van der Waals surface area contributed by atoms with Gasteiger partial charge in [-0.1, -0.05) is 30.7 Å². The summed E-state index contributed by atoms with van der Waals surface area (Å²) in [7, 11) is 0. The second-order valence-corrected chi connectivity index (χ2v) is 7.98. The first-order valence-electron chi connectivity index (χ1n) is 10.4. The van der Waals surface area contributed by atoms with Gasteiger partial charge in [0.25, 0.3) is 0 Å². The molecule has 0 saturated carbocycles. The highest BCUT2D eigenvalue weighted by Crippen LogP contribution is 2.35. The molecular weight excluding hydrogens is 372 g/mol. The van der Waals surface area contributed by atoms with Gasteiger partial charge in [-0.25, -0.2) is 8.78 Å². The van der Waals surface area contributed by atoms with Crippen LogP contribution >= 0.6 is 0 Å². The van der Waals surface area contributed by atoms with E-state index in [2.05, 4.69) is 15.1 Å². The second kappa shape index (κ2) is 9.01. The van der Waals surface area contributed by atoms with Gasteiger partial charge in [-0.05, 0) is 37.1 Å². The number of nitrogens with zero attached hydrogens (tertiary/aromatic N) is 2. The number of halogens is 2. The van der Waals surface area contributed by atoms with E-state index < -0.39 is 11.6 Å². The van der Waals surface area contributed by atoms with E-state index in [0.717, 1.165) is 69.3 Å². The van der Waals surface area contributed by atoms with Gasteiger partial charge in [0.05, 0.1) is 5.92 Å². The highest BCUT2D eigenvalue weighted by molar-refractivity contribution is 6.02. The fourth-order valence-electron chi connectivity index (χ4n) is 4.31. The number of para-hydroxylation sites is 1. The SMILES string of the molecule is O=C1Nc2ccccc2C1CCCCN1CCN(Cc2ccc(F)cc2F)CC1. The highest BCUT2D eigenvalue weighted by Gasteiger charge is 2.29. The van der Waals surface area contributed by atoms with Crippen molar-refractivity contribution in [2.75, 3.05) is 38.0 Å². The van der Waals surface area contributed by atoms with E-state index in [4.69, 9.17) is 0 Å². The van der Waals surface area contributed by atoms with Crippen LogP contribution in [-0.2, 0) is 11.3 Å². The van der Waals surface area contributed by atoms with Crippen molar-refractivity contribution in [3.05, 3.63) is 65.2 Å². The van der Waals surface area contributed by atoms with Crippen LogP contribution in [-0.4, -0.2) is 48.4 Å². The zero-order valence-electron chi connectivity index (χ0n) is 16.5. The molecule has 0 aromatic heterocycles. The number of carbonyl (C=O) groups excluding carboxylic acids is 1. The number of nitrogens with one attached hydrogen (secondary N) is 1. The molecule has 2 aromatic rings. The Morgan fingerprint density at radius 3 is 2.52 bits per heavy atom. The van der Waals surface area contributed by atoms with Gasteiger partial charge in [0.15, 0.2) is 0 Å². The zero-order chi connectivity index (χ0) is 20.2. The molecule has 0 aliphatic carbocycles. The summed E-state index contributed by atoms with van der Waals surface area (Å²) in [4.78, 5) is 16.8. The molecule has 1 fully saturated rings. The average molecular weight is 399 g/mol. The van der Waals surface area contributed by atoms with E-state index in [1.165, 1.54) is 12.1 Å². The van der Waals surface area contributed by atoms with Crippen molar-refractivity contribution in [2.45, 2.75) is 31.7 Å². The minimum atomic E-state index is -0.533. The summed E-state index contributed by atoms with van der Waals surface area (Å²) in [5.41, 5.74) is 2.63. The lowest BCUT2D eigenvalue weighted by molar-refractivity contribution is -0.117. The standard InChI is InChI=1S/C23H27F2N3O/c24-18-9-8-17(21(25)15-18)16-28-13-11-27(12-14-28)10-4-3-6-20-19-5-1-2-7-22(19)26-23(20)29/h1-2,5,7-9,15,20H,3-4,6,10-14,16H2,(H,26,29). The molecule has 154 valence electrons. The van der Waals surface area contributed by atoms with Crippen LogP contribution in [0.25, 0.3) is 0 Å². The molecule has 1 atom stereocenters. The van der Waals surface area contributed by atoms with Gasteiger partial charge < -0.3 is 10.2 Å². The molecule has 1 N–H and O–H groups in total. The minimum Gasteiger partial charge on any atom is -0.325 e. The summed E-state index contributed by atoms with van der Waals surface area (Å²) in [6, 6.07) is 11.8. The van der Waals surface area contributed by atoms with Crippen molar-refractivity contribution in [1.29, 1.82) is 0 Å². The lowest BCUT2D eigenvalue weighted by Crippen LogP contribution is -2.46. The van der Waals surface area contributed by atoms with Crippen LogP contribution in [0.2, 0.25) is 0 Å². The van der Waals surface area contributed by atoms with Gasteiger partial charge in [-0.15, -0.1) is 0 Å². The smallest absolute Gasteiger partial charge is 0.232 e. The second-order valence-electron chi connectivity index (χ2n) is 7.98. The normalized spacial score (nSPS) is 19.9. The van der Waals surface area contributed by atoms with Crippen LogP contribution in [0.3, 0.4) is 0 Å². The number of fused-ring (bicyclic) bond motifs is 1. The lowest BCUT2D eigenvalue weighted by atomic mass is 9.95. The first kappa shape index (κ1) is 20.0. The number of piperazine rings is 1. The Morgan fingerprint density at radius 2 is 1.72 bits per heavy atom. The Bertz CT molecular complexity index is 865. The monoisotopic (exact) mass is 399 g/mol. The highest BCUT2D eigenvalue weighted by atomic mass is 19.1. The summed E-state index contributed by atoms with van der Waals surface area (Å²) in [6.45, 7) is 5.22. The van der Waals surface area contributed by atoms with E-state index in [0.29, 0.717) is 12.1 Å². The fraction of sp³-hybridized carbons (Fsp3) is 0.435. The number of benzene rings is 2. The van der Waals surface area contributed by atoms with Gasteiger partial charge in [0, 0.05) is 50.0 Å². The summed E-state index contributed by atoms with van der Waals surface area (Å²) >= 11 is 0. The van der Waals surface area contributed by atoms with Crippen LogP contribution in [0, 0.1) is 11.6 Å². The van der Waals surface area contributed by atoms with E-state index in [-0.39, 0.29) is 11.8 Å². The minimum absolute atomic E-state index is 0.0198. The first-order chi connectivity index (χ1) is 14.1. The lowest BCUT2D eigenvalue weighted by Gasteiger charge is -2.34. The topological polar surface area (TPSA) is 35.6 Å². The van der Waals surface area contributed by atoms with Crippen LogP contribution in [0.15, 0.2) is 42.5 Å². The maximum absolute atomic E-state index is 13.8. The van der Waals surface area contributed by atoms with Crippen molar-refractivity contribution >= 4 is 11.6 Å². The molecule has 0 radical (unpaired) electrons. The van der Waals surface area contributed by atoms with Gasteiger partial charge in [0.2, 0.25) is 5.91 Å². The van der Waals surface area contributed by atoms with Crippen molar-refractivity contribution < 1.29 is 13.6 Å². The number of anilines is 1. The average Bonchev–Trinajstić information content (AvgIpc) is 3.04. The van der Waals surface area contributed by atoms with Gasteiger partial charge in [-0.2, -0.15) is 0 Å². The van der Waals surface area contributed by atoms with E-state index in [9.17, 15) is 13.6 Å². The molecule has 6 heteroatoms. The van der Waals surface area contributed by atoms with E-state index in [1.54, 1.807) is 0 Å². The van der Waals surface area contributed by atoms with Crippen LogP contribution in [0.5, 0.6) is 0 Å². The number of carbonyl (C=O) groups is 1. The summed E-state index contributed by atoms with van der Waals surface area (Å²) < 4.78 is 26.9. The number of hydrogen-bond donors (Lipinski definition) is 1. The third-order valence-electron chi connectivity index (χ3n) is 6.00. The molecule has 0 bridgehead atoms. The Morgan fingerprint density at radius 1 is 0.966 bits per heavy atom. The Kier molecular flexibility index (Phi) is 6.21. The molecule has 2 aliphatic rings. The predicted octanol–water partition coefficient (Wildman–Crippen LogP) is 3.99. The Hall–Kier alpha value is -2.31. The molecule has 1 unspecified atom stereocenters. The molecule has 4 nitrogen and oxygen atoms in total. The van der Waals surface area contributed by atoms with Crippen LogP contribution in [0.1, 0.15) is 36.3 Å². The van der Waals surface area contributed by atoms with Crippen LogP contribution in [0.4, 0.5) is 14.5 Å². The van der Waals surface area contributed by atoms with Crippen LogP contribution < -0.4 is 5.32 Å². The zero-order valence-corrected chi connectivity index (χ0v) is 16.5. The summed E-state index contributed by atoms with van der Waals surface area (Å²) in [5.74, 6) is -0.902. The Labute approximate surface area is 170 Å². The molecule has 0 spiro atoms. The number of hydrogen-bond acceptors (Lipinski definition) is 3. The molecule has 2 aromatic carbocycles. The quantitative estimate of drug-likeness (QED) is 0.715. The molecule has 2 aliphatic heterocycles. The number of unbranched alkanes of at least 4 members (excludes halogenated alkanes) is 1. The predicted molar refractivity (Wildman–Crippen MR) is 110 cm³/mol. The van der Waals surface area contributed by atoms with Gasteiger partial charge in [-0.3, -0.25) is 9.69 Å². The van der Waals surface area contributed by atoms with E-state index in [1.807, 2.05) is 24.3 Å². The fourth-order valence-corrected chi connectivity index (χ4v) is 4.31. The van der Waals surface area contributed by atoms with Gasteiger partial charge >= 0.3 is 0 Å². The molecular formula is C23H27F2N3O. The number of rotatable bonds is 7. The van der Waals surface area contributed by atoms with E-state index >= 15 is 0 Å². The molecule has 2 heterocycles. The summed E-state index contributed by atoms with van der Waals surface area (Å²) in [5, 5.41) is 2.97. The number of amides is 1. The molecule has 1 saturated heterocycles. The molecule has 1 amide bonds. The largest absolute Gasteiger partial charge is 0.325 e. The summed E-state index contributed by atoms with van der Waals surface area (Å²) in [6.07, 6.45) is 2.97. The van der Waals surface area contributed by atoms with Crippen molar-refractivity contribution in [3.8, 4) is 0 Å². The third-order valence-corrected chi connectivity index (χ3v) is 6.00. The molecule has 4 rings (SSSR count). The third kappa shape index (κ3) is 4.82. The van der Waals surface area contributed by atoms with Gasteiger partial charge in [0.1, 0.15) is 11.6 Å². The first-order valence-corrected chi connectivity index (χ1v) is 10.4.